The van der Waals surface area contributed by atoms with Gasteiger partial charge in [-0.05, 0) is 37.3 Å². The smallest absolute Gasteiger partial charge is 0.338 e. The molecular weight excluding hydrogens is 454 g/mol. The minimum atomic E-state index is -3.77. The van der Waals surface area contributed by atoms with Gasteiger partial charge in [-0.25, -0.2) is 27.5 Å². The van der Waals surface area contributed by atoms with Crippen molar-refractivity contribution in [2.75, 3.05) is 19.8 Å². The number of rotatable bonds is 9. The van der Waals surface area contributed by atoms with Gasteiger partial charge in [0, 0.05) is 6.54 Å². The Hall–Kier alpha value is -3.64. The van der Waals surface area contributed by atoms with Crippen LogP contribution in [0.5, 0.6) is 0 Å². The molecule has 3 rings (SSSR count). The Morgan fingerprint density at radius 3 is 2.58 bits per heavy atom. The van der Waals surface area contributed by atoms with E-state index in [0.29, 0.717) is 0 Å². The molecule has 2 amide bonds. The first-order chi connectivity index (χ1) is 15.8. The minimum absolute atomic E-state index is 0.0164. The number of carbonyl (C=O) groups is 3. The first kappa shape index (κ1) is 24.0. The predicted octanol–water partition coefficient (Wildman–Crippen LogP) is 1.61. The molecule has 0 aliphatic carbocycles. The highest BCUT2D eigenvalue weighted by molar-refractivity contribution is 7.89. The van der Waals surface area contributed by atoms with Gasteiger partial charge in [-0.3, -0.25) is 0 Å². The van der Waals surface area contributed by atoms with Gasteiger partial charge >= 0.3 is 18.0 Å². The summed E-state index contributed by atoms with van der Waals surface area (Å²) in [5, 5.41) is 5.04. The van der Waals surface area contributed by atoms with E-state index in [1.54, 1.807) is 26.0 Å². The Labute approximate surface area is 190 Å². The van der Waals surface area contributed by atoms with Gasteiger partial charge in [0.15, 0.2) is 0 Å². The molecule has 0 spiro atoms. The van der Waals surface area contributed by atoms with E-state index in [1.807, 2.05) is 0 Å². The standard InChI is InChI=1S/C21H23N3O8S/c1-3-22-33(28,29)14-8-5-7-13(11-14)19(25)32-12-15-17(20(26)30-4-2)18(24-21(27)23-15)16-9-6-10-31-16/h5-11,18,22H,3-4,12H2,1-2H3,(H2,23,24,27). The van der Waals surface area contributed by atoms with Gasteiger partial charge in [0.1, 0.15) is 18.4 Å². The molecule has 1 unspecified atom stereocenters. The van der Waals surface area contributed by atoms with Crippen LogP contribution in [0, 0.1) is 0 Å². The van der Waals surface area contributed by atoms with Crippen LogP contribution in [0.25, 0.3) is 0 Å². The summed E-state index contributed by atoms with van der Waals surface area (Å²) in [7, 11) is -3.77. The fourth-order valence-corrected chi connectivity index (χ4v) is 4.22. The van der Waals surface area contributed by atoms with Crippen molar-refractivity contribution >= 4 is 28.0 Å². The van der Waals surface area contributed by atoms with Crippen molar-refractivity contribution < 1.29 is 36.7 Å². The van der Waals surface area contributed by atoms with Crippen LogP contribution in [0.15, 0.2) is 63.2 Å². The van der Waals surface area contributed by atoms with Crippen LogP contribution >= 0.6 is 0 Å². The van der Waals surface area contributed by atoms with Gasteiger partial charge in [0.05, 0.1) is 34.6 Å². The zero-order chi connectivity index (χ0) is 24.0. The molecule has 1 aromatic heterocycles. The number of nitrogens with one attached hydrogen (secondary N) is 3. The maximum atomic E-state index is 12.6. The van der Waals surface area contributed by atoms with Crippen LogP contribution in [0.3, 0.4) is 0 Å². The van der Waals surface area contributed by atoms with Crippen molar-refractivity contribution in [1.82, 2.24) is 15.4 Å². The van der Waals surface area contributed by atoms with Crippen molar-refractivity contribution in [3.05, 3.63) is 65.3 Å². The van der Waals surface area contributed by atoms with Gasteiger partial charge in [-0.2, -0.15) is 0 Å². The lowest BCUT2D eigenvalue weighted by Crippen LogP contribution is -2.47. The summed E-state index contributed by atoms with van der Waals surface area (Å²) in [6.45, 7) is 3.06. The summed E-state index contributed by atoms with van der Waals surface area (Å²) < 4.78 is 42.4. The van der Waals surface area contributed by atoms with Gasteiger partial charge < -0.3 is 24.5 Å². The molecule has 3 N–H and O–H groups in total. The second-order valence-corrected chi connectivity index (χ2v) is 8.53. The molecule has 1 aromatic carbocycles. The first-order valence-corrected chi connectivity index (χ1v) is 11.5. The Morgan fingerprint density at radius 2 is 1.91 bits per heavy atom. The number of sulfonamides is 1. The number of carbonyl (C=O) groups excluding carboxylic acids is 3. The fourth-order valence-electron chi connectivity index (χ4n) is 3.14. The van der Waals surface area contributed by atoms with Crippen LogP contribution in [0.1, 0.15) is 36.0 Å². The summed E-state index contributed by atoms with van der Waals surface area (Å²) in [6, 6.07) is 6.91. The molecule has 0 saturated heterocycles. The SMILES string of the molecule is CCNS(=O)(=O)c1cccc(C(=O)OCC2=C(C(=O)OCC)C(c3ccco3)NC(=O)N2)c1. The molecule has 0 saturated carbocycles. The molecule has 12 heteroatoms. The molecule has 2 aromatic rings. The van der Waals surface area contributed by atoms with Crippen molar-refractivity contribution in [2.45, 2.75) is 24.8 Å². The van der Waals surface area contributed by atoms with Gasteiger partial charge in [0.2, 0.25) is 10.0 Å². The molecular formula is C21H23N3O8S. The number of benzene rings is 1. The third-order valence-corrected chi connectivity index (χ3v) is 6.08. The highest BCUT2D eigenvalue weighted by Crippen LogP contribution is 2.28. The van der Waals surface area contributed by atoms with Crippen molar-refractivity contribution in [3.63, 3.8) is 0 Å². The van der Waals surface area contributed by atoms with Crippen LogP contribution in [0.2, 0.25) is 0 Å². The Bertz CT molecular complexity index is 1170. The van der Waals surface area contributed by atoms with Crippen molar-refractivity contribution in [3.8, 4) is 0 Å². The Kier molecular flexibility index (Phi) is 7.51. The zero-order valence-corrected chi connectivity index (χ0v) is 18.7. The van der Waals surface area contributed by atoms with Crippen LogP contribution in [0.4, 0.5) is 4.79 Å². The van der Waals surface area contributed by atoms with Crippen molar-refractivity contribution in [1.29, 1.82) is 0 Å². The lowest BCUT2D eigenvalue weighted by molar-refractivity contribution is -0.139. The van der Waals surface area contributed by atoms with E-state index in [0.717, 1.165) is 0 Å². The quantitative estimate of drug-likeness (QED) is 0.461. The Morgan fingerprint density at radius 1 is 1.12 bits per heavy atom. The molecule has 0 radical (unpaired) electrons. The van der Waals surface area contributed by atoms with E-state index in [4.69, 9.17) is 13.9 Å². The van der Waals surface area contributed by atoms with E-state index in [2.05, 4.69) is 15.4 Å². The number of ether oxygens (including phenoxy) is 2. The average molecular weight is 477 g/mol. The van der Waals surface area contributed by atoms with Crippen LogP contribution < -0.4 is 15.4 Å². The van der Waals surface area contributed by atoms with Gasteiger partial charge in [0.25, 0.3) is 0 Å². The second kappa shape index (κ2) is 10.3. The largest absolute Gasteiger partial charge is 0.467 e. The van der Waals surface area contributed by atoms with E-state index >= 15 is 0 Å². The lowest BCUT2D eigenvalue weighted by Gasteiger charge is -2.27. The molecule has 1 aliphatic heterocycles. The maximum absolute atomic E-state index is 12.6. The monoisotopic (exact) mass is 477 g/mol. The number of hydrogen-bond donors (Lipinski definition) is 3. The fraction of sp³-hybridized carbons (Fsp3) is 0.286. The van der Waals surface area contributed by atoms with Crippen LogP contribution in [-0.2, 0) is 24.3 Å². The third kappa shape index (κ3) is 5.59. The maximum Gasteiger partial charge on any atom is 0.338 e. The molecule has 2 heterocycles. The molecule has 33 heavy (non-hydrogen) atoms. The van der Waals surface area contributed by atoms with E-state index < -0.39 is 40.6 Å². The molecule has 1 atom stereocenters. The lowest BCUT2D eigenvalue weighted by atomic mass is 10.0. The number of hydrogen-bond acceptors (Lipinski definition) is 8. The summed E-state index contributed by atoms with van der Waals surface area (Å²) in [6.07, 6.45) is 1.39. The highest BCUT2D eigenvalue weighted by atomic mass is 32.2. The number of amides is 2. The summed E-state index contributed by atoms with van der Waals surface area (Å²) in [4.78, 5) is 37.3. The normalized spacial score (nSPS) is 16.1. The highest BCUT2D eigenvalue weighted by Gasteiger charge is 2.35. The topological polar surface area (TPSA) is 153 Å². The van der Waals surface area contributed by atoms with Gasteiger partial charge in [-0.1, -0.05) is 13.0 Å². The zero-order valence-electron chi connectivity index (χ0n) is 17.9. The van der Waals surface area contributed by atoms with Crippen LogP contribution in [-0.4, -0.2) is 46.1 Å². The van der Waals surface area contributed by atoms with E-state index in [-0.39, 0.29) is 40.6 Å². The average Bonchev–Trinajstić information content (AvgIpc) is 3.32. The first-order valence-electron chi connectivity index (χ1n) is 10.0. The molecule has 0 fully saturated rings. The summed E-state index contributed by atoms with van der Waals surface area (Å²) in [5.41, 5.74) is 0.0150. The number of esters is 2. The summed E-state index contributed by atoms with van der Waals surface area (Å²) in [5.74, 6) is -1.28. The molecule has 11 nitrogen and oxygen atoms in total. The van der Waals surface area contributed by atoms with Crippen molar-refractivity contribution in [2.24, 2.45) is 0 Å². The predicted molar refractivity (Wildman–Crippen MR) is 114 cm³/mol. The molecule has 1 aliphatic rings. The van der Waals surface area contributed by atoms with E-state index in [9.17, 15) is 22.8 Å². The molecule has 176 valence electrons. The second-order valence-electron chi connectivity index (χ2n) is 6.76. The third-order valence-electron chi connectivity index (χ3n) is 4.54. The minimum Gasteiger partial charge on any atom is -0.467 e. The van der Waals surface area contributed by atoms with E-state index in [1.165, 1.54) is 30.5 Å². The molecule has 0 bridgehead atoms. The number of urea groups is 1. The Balaban J connectivity index is 1.87. The summed E-state index contributed by atoms with van der Waals surface area (Å²) >= 11 is 0. The van der Waals surface area contributed by atoms with Gasteiger partial charge in [-0.15, -0.1) is 0 Å². The number of furan rings is 1.